The number of rotatable bonds is 4. The van der Waals surface area contributed by atoms with Crippen LogP contribution in [0.1, 0.15) is 35.7 Å². The lowest BCUT2D eigenvalue weighted by Gasteiger charge is -2.33. The molecule has 0 radical (unpaired) electrons. The minimum atomic E-state index is -3.57. The molecule has 1 fully saturated rings. The van der Waals surface area contributed by atoms with Crippen LogP contribution in [0.5, 0.6) is 0 Å². The Kier molecular flexibility index (Phi) is 5.44. The maximum Gasteiger partial charge on any atom is 0.338 e. The quantitative estimate of drug-likeness (QED) is 0.840. The Morgan fingerprint density at radius 3 is 2.70 bits per heavy atom. The van der Waals surface area contributed by atoms with Gasteiger partial charge in [0, 0.05) is 19.1 Å². The number of methoxy groups -OCH3 is 1. The van der Waals surface area contributed by atoms with E-state index >= 15 is 0 Å². The van der Waals surface area contributed by atoms with Crippen molar-refractivity contribution in [3.8, 4) is 0 Å². The number of carbonyl (C=O) groups is 1. The first-order chi connectivity index (χ1) is 10.8. The second kappa shape index (κ2) is 6.98. The number of sulfonamides is 1. The highest BCUT2D eigenvalue weighted by atomic mass is 32.2. The molecule has 1 aromatic rings. The Hall–Kier alpha value is -1.44. The molecule has 23 heavy (non-hydrogen) atoms. The molecule has 0 aromatic heterocycles. The summed E-state index contributed by atoms with van der Waals surface area (Å²) in [4.78, 5) is 11.8. The lowest BCUT2D eigenvalue weighted by molar-refractivity contribution is 0.0600. The Morgan fingerprint density at radius 1 is 1.43 bits per heavy atom. The van der Waals surface area contributed by atoms with Crippen molar-refractivity contribution < 1.29 is 17.9 Å². The summed E-state index contributed by atoms with van der Waals surface area (Å²) in [6, 6.07) is 4.46. The van der Waals surface area contributed by atoms with E-state index in [1.54, 1.807) is 6.92 Å². The maximum atomic E-state index is 12.8. The van der Waals surface area contributed by atoms with E-state index in [0.29, 0.717) is 24.2 Å². The largest absolute Gasteiger partial charge is 0.465 e. The number of carbonyl (C=O) groups excluding carboxylic acids is 1. The summed E-state index contributed by atoms with van der Waals surface area (Å²) < 4.78 is 31.8. The molecular weight excluding hydrogens is 316 g/mol. The standard InChI is InChI=1S/C16H24N2O4S/c1-11-9-14(6-7-15(11)16(19)22-3)23(20,21)18-8-4-5-13(10-18)12(2)17/h6-7,9,12-13H,4-5,8,10,17H2,1-3H3. The van der Waals surface area contributed by atoms with Crippen molar-refractivity contribution in [3.63, 3.8) is 0 Å². The molecule has 1 saturated heterocycles. The first kappa shape index (κ1) is 17.9. The number of hydrogen-bond donors (Lipinski definition) is 1. The van der Waals surface area contributed by atoms with Crippen LogP contribution in [0.3, 0.4) is 0 Å². The molecule has 7 heteroatoms. The molecule has 1 heterocycles. The van der Waals surface area contributed by atoms with E-state index in [9.17, 15) is 13.2 Å². The van der Waals surface area contributed by atoms with Crippen molar-refractivity contribution in [1.29, 1.82) is 0 Å². The third kappa shape index (κ3) is 3.73. The third-order valence-corrected chi connectivity index (χ3v) is 6.27. The fourth-order valence-corrected chi connectivity index (χ4v) is 4.53. The van der Waals surface area contributed by atoms with E-state index in [1.807, 2.05) is 6.92 Å². The topological polar surface area (TPSA) is 89.7 Å². The van der Waals surface area contributed by atoms with Gasteiger partial charge < -0.3 is 10.5 Å². The highest BCUT2D eigenvalue weighted by Crippen LogP contribution is 2.26. The molecule has 0 saturated carbocycles. The molecule has 0 amide bonds. The molecule has 0 bridgehead atoms. The van der Waals surface area contributed by atoms with Crippen molar-refractivity contribution in [2.75, 3.05) is 20.2 Å². The maximum absolute atomic E-state index is 12.8. The first-order valence-corrected chi connectivity index (χ1v) is 9.16. The van der Waals surface area contributed by atoms with Gasteiger partial charge in [-0.05, 0) is 56.4 Å². The van der Waals surface area contributed by atoms with Crippen molar-refractivity contribution in [3.05, 3.63) is 29.3 Å². The van der Waals surface area contributed by atoms with Crippen LogP contribution in [0.2, 0.25) is 0 Å². The molecule has 2 rings (SSSR count). The molecular formula is C16H24N2O4S. The van der Waals surface area contributed by atoms with Gasteiger partial charge in [0.05, 0.1) is 17.6 Å². The van der Waals surface area contributed by atoms with Gasteiger partial charge in [-0.3, -0.25) is 0 Å². The van der Waals surface area contributed by atoms with E-state index in [0.717, 1.165) is 12.8 Å². The first-order valence-electron chi connectivity index (χ1n) is 7.72. The number of benzene rings is 1. The Bertz CT molecular complexity index is 685. The number of aryl methyl sites for hydroxylation is 1. The van der Waals surface area contributed by atoms with Gasteiger partial charge in [-0.25, -0.2) is 13.2 Å². The molecule has 1 aliphatic rings. The van der Waals surface area contributed by atoms with Gasteiger partial charge in [0.1, 0.15) is 0 Å². The van der Waals surface area contributed by atoms with Crippen LogP contribution in [0.4, 0.5) is 0 Å². The smallest absolute Gasteiger partial charge is 0.338 e. The highest BCUT2D eigenvalue weighted by molar-refractivity contribution is 7.89. The molecule has 0 aliphatic carbocycles. The third-order valence-electron chi connectivity index (χ3n) is 4.41. The monoisotopic (exact) mass is 340 g/mol. The molecule has 2 N–H and O–H groups in total. The predicted molar refractivity (Wildman–Crippen MR) is 87.7 cm³/mol. The van der Waals surface area contributed by atoms with E-state index < -0.39 is 16.0 Å². The molecule has 1 aliphatic heterocycles. The van der Waals surface area contributed by atoms with Crippen molar-refractivity contribution in [2.24, 2.45) is 11.7 Å². The fourth-order valence-electron chi connectivity index (χ4n) is 2.91. The molecule has 6 nitrogen and oxygen atoms in total. The van der Waals surface area contributed by atoms with Gasteiger partial charge in [-0.2, -0.15) is 4.31 Å². The predicted octanol–water partition coefficient (Wildman–Crippen LogP) is 1.53. The van der Waals surface area contributed by atoms with Crippen molar-refractivity contribution in [1.82, 2.24) is 4.31 Å². The van der Waals surface area contributed by atoms with Crippen molar-refractivity contribution >= 4 is 16.0 Å². The Labute approximate surface area is 137 Å². The van der Waals surface area contributed by atoms with E-state index in [2.05, 4.69) is 4.74 Å². The minimum Gasteiger partial charge on any atom is -0.465 e. The molecule has 2 atom stereocenters. The summed E-state index contributed by atoms with van der Waals surface area (Å²) in [7, 11) is -2.27. The van der Waals surface area contributed by atoms with Crippen LogP contribution in [-0.2, 0) is 14.8 Å². The molecule has 0 spiro atoms. The van der Waals surface area contributed by atoms with Gasteiger partial charge in [-0.1, -0.05) is 0 Å². The number of hydrogen-bond acceptors (Lipinski definition) is 5. The summed E-state index contributed by atoms with van der Waals surface area (Å²) >= 11 is 0. The van der Waals surface area contributed by atoms with Gasteiger partial charge >= 0.3 is 5.97 Å². The highest BCUT2D eigenvalue weighted by Gasteiger charge is 2.31. The van der Waals surface area contributed by atoms with Crippen molar-refractivity contribution in [2.45, 2.75) is 37.6 Å². The number of nitrogens with two attached hydrogens (primary N) is 1. The second-order valence-electron chi connectivity index (χ2n) is 6.09. The number of piperidine rings is 1. The van der Waals surface area contributed by atoms with E-state index in [1.165, 1.54) is 29.6 Å². The number of esters is 1. The van der Waals surface area contributed by atoms with Crippen LogP contribution < -0.4 is 5.73 Å². The van der Waals surface area contributed by atoms with Crippen LogP contribution >= 0.6 is 0 Å². The van der Waals surface area contributed by atoms with Crippen LogP contribution in [0.25, 0.3) is 0 Å². The summed E-state index contributed by atoms with van der Waals surface area (Å²) in [5.74, 6) is -0.296. The van der Waals surface area contributed by atoms with Gasteiger partial charge in [0.2, 0.25) is 10.0 Å². The van der Waals surface area contributed by atoms with Crippen LogP contribution in [0, 0.1) is 12.8 Å². The number of nitrogens with zero attached hydrogens (tertiary/aromatic N) is 1. The zero-order valence-electron chi connectivity index (χ0n) is 13.8. The summed E-state index contributed by atoms with van der Waals surface area (Å²) in [5.41, 5.74) is 6.89. The van der Waals surface area contributed by atoms with E-state index in [4.69, 9.17) is 5.73 Å². The fraction of sp³-hybridized carbons (Fsp3) is 0.562. The molecule has 2 unspecified atom stereocenters. The van der Waals surface area contributed by atoms with Crippen LogP contribution in [0.15, 0.2) is 23.1 Å². The summed E-state index contributed by atoms with van der Waals surface area (Å²) in [6.07, 6.45) is 1.76. The van der Waals surface area contributed by atoms with Gasteiger partial charge in [0.25, 0.3) is 0 Å². The zero-order chi connectivity index (χ0) is 17.2. The average molecular weight is 340 g/mol. The molecule has 1 aromatic carbocycles. The Morgan fingerprint density at radius 2 is 2.13 bits per heavy atom. The normalized spacial score (nSPS) is 21.0. The van der Waals surface area contributed by atoms with Gasteiger partial charge in [0.15, 0.2) is 0 Å². The lowest BCUT2D eigenvalue weighted by atomic mass is 9.93. The second-order valence-corrected chi connectivity index (χ2v) is 8.03. The minimum absolute atomic E-state index is 0.0311. The van der Waals surface area contributed by atoms with E-state index in [-0.39, 0.29) is 16.9 Å². The van der Waals surface area contributed by atoms with Gasteiger partial charge in [-0.15, -0.1) is 0 Å². The average Bonchev–Trinajstić information content (AvgIpc) is 2.54. The van der Waals surface area contributed by atoms with Crippen LogP contribution in [-0.4, -0.2) is 44.9 Å². The SMILES string of the molecule is COC(=O)c1ccc(S(=O)(=O)N2CCCC(C(C)N)C2)cc1C. The molecule has 128 valence electrons. The Balaban J connectivity index is 2.29. The lowest BCUT2D eigenvalue weighted by Crippen LogP contribution is -2.44. The zero-order valence-corrected chi connectivity index (χ0v) is 14.6. The summed E-state index contributed by atoms with van der Waals surface area (Å²) in [6.45, 7) is 4.56. The summed E-state index contributed by atoms with van der Waals surface area (Å²) in [5, 5.41) is 0. The number of ether oxygens (including phenoxy) is 1.